The van der Waals surface area contributed by atoms with E-state index in [2.05, 4.69) is 42.5 Å². The zero-order chi connectivity index (χ0) is 27.1. The number of alkyl halides is 1. The average Bonchev–Trinajstić information content (AvgIpc) is 3.73. The van der Waals surface area contributed by atoms with Gasteiger partial charge in [0.05, 0.1) is 49.3 Å². The Kier molecular flexibility index (Phi) is 8.81. The maximum Gasteiger partial charge on any atom is 0.0642 e. The van der Waals surface area contributed by atoms with Gasteiger partial charge in [-0.1, -0.05) is 44.9 Å². The van der Waals surface area contributed by atoms with Gasteiger partial charge in [-0.3, -0.25) is 42.5 Å². The smallest absolute Gasteiger partial charge is 0.0642 e. The molecule has 4 aliphatic carbocycles. The molecule has 4 saturated carbocycles. The Labute approximate surface area is 271 Å². The van der Waals surface area contributed by atoms with Crippen LogP contribution >= 0.6 is 11.6 Å². The Hall–Kier alpha value is 0.632. The third-order valence-corrected chi connectivity index (χ3v) is 14.3. The van der Waals surface area contributed by atoms with Gasteiger partial charge in [-0.25, -0.2) is 0 Å². The van der Waals surface area contributed by atoms with Crippen LogP contribution < -0.4 is 42.5 Å². The van der Waals surface area contributed by atoms with Gasteiger partial charge in [0.1, 0.15) is 0 Å². The monoisotopic (exact) mass is 692 g/mol. The molecule has 0 aromatic heterocycles. The van der Waals surface area contributed by atoms with Gasteiger partial charge in [0.15, 0.2) is 0 Å². The number of hydrogen-bond donors (Lipinski definition) is 8. The Morgan fingerprint density at radius 3 is 0.905 bits per heavy atom. The first-order valence-electron chi connectivity index (χ1n) is 17.9. The van der Waals surface area contributed by atoms with Crippen LogP contribution in [-0.2, 0) is 20.4 Å². The van der Waals surface area contributed by atoms with Crippen molar-refractivity contribution in [3.63, 3.8) is 0 Å². The second-order valence-electron chi connectivity index (χ2n) is 15.7. The fourth-order valence-corrected chi connectivity index (χ4v) is 12.5. The van der Waals surface area contributed by atoms with Gasteiger partial charge in [0.25, 0.3) is 0 Å². The molecule has 9 aliphatic rings. The predicted molar refractivity (Wildman–Crippen MR) is 162 cm³/mol. The summed E-state index contributed by atoms with van der Waals surface area (Å²) in [5.41, 5.74) is 0. The molecule has 8 N–H and O–H groups in total. The molecule has 0 amide bonds. The van der Waals surface area contributed by atoms with Crippen LogP contribution in [0.2, 0.25) is 0 Å². The summed E-state index contributed by atoms with van der Waals surface area (Å²) in [7, 11) is 0. The van der Waals surface area contributed by atoms with Gasteiger partial charge < -0.3 is 0 Å². The van der Waals surface area contributed by atoms with Gasteiger partial charge in [-0.15, -0.1) is 11.6 Å². The molecule has 8 bridgehead atoms. The van der Waals surface area contributed by atoms with Crippen molar-refractivity contribution < 1.29 is 20.4 Å². The zero-order valence-electron chi connectivity index (χ0n) is 25.1. The van der Waals surface area contributed by atoms with Crippen molar-refractivity contribution in [3.05, 3.63) is 0 Å². The molecule has 9 rings (SSSR count). The van der Waals surface area contributed by atoms with E-state index in [-0.39, 0.29) is 32.0 Å². The van der Waals surface area contributed by atoms with Gasteiger partial charge in [0.2, 0.25) is 0 Å². The van der Waals surface area contributed by atoms with E-state index in [1.54, 1.807) is 0 Å². The maximum absolute atomic E-state index is 7.19. The molecule has 8 nitrogen and oxygen atoms in total. The van der Waals surface area contributed by atoms with E-state index < -0.39 is 0 Å². The molecular weight excluding hydrogens is 638 g/mol. The molecule has 0 radical (unpaired) electrons. The second-order valence-corrected chi connectivity index (χ2v) is 16.2. The largest absolute Gasteiger partial charge is 0.286 e. The van der Waals surface area contributed by atoms with Crippen molar-refractivity contribution in [2.45, 2.75) is 151 Å². The van der Waals surface area contributed by atoms with Gasteiger partial charge in [0, 0.05) is 31.7 Å². The summed E-state index contributed by atoms with van der Waals surface area (Å²) in [6.07, 6.45) is 22.9. The Morgan fingerprint density at radius 2 is 0.571 bits per heavy atom. The minimum Gasteiger partial charge on any atom is -0.286 e. The molecule has 0 aromatic rings. The molecule has 10 heteroatoms. The summed E-state index contributed by atoms with van der Waals surface area (Å²) >= 11 is 7.19. The predicted octanol–water partition coefficient (Wildman–Crippen LogP) is 2.82. The fraction of sp³-hybridized carbons (Fsp3) is 1.00. The fourth-order valence-electron chi connectivity index (χ4n) is 12.0. The summed E-state index contributed by atoms with van der Waals surface area (Å²) in [6, 6.07) is 0. The number of fused-ring (bicyclic) bond motifs is 20. The van der Waals surface area contributed by atoms with Gasteiger partial charge >= 0.3 is 0 Å². The van der Waals surface area contributed by atoms with Crippen molar-refractivity contribution in [1.82, 2.24) is 42.5 Å². The summed E-state index contributed by atoms with van der Waals surface area (Å²) in [5.74, 6) is 5.34. The summed E-state index contributed by atoms with van der Waals surface area (Å²) in [6.45, 7) is 0. The van der Waals surface area contributed by atoms with E-state index in [1.165, 1.54) is 89.9 Å². The van der Waals surface area contributed by atoms with Crippen LogP contribution in [0.4, 0.5) is 0 Å². The number of halogens is 1. The van der Waals surface area contributed by atoms with Crippen molar-refractivity contribution in [1.29, 1.82) is 0 Å². The van der Waals surface area contributed by atoms with Crippen LogP contribution in [0.15, 0.2) is 0 Å². The van der Waals surface area contributed by atoms with E-state index in [0.29, 0.717) is 78.7 Å². The van der Waals surface area contributed by atoms with Crippen molar-refractivity contribution in [3.8, 4) is 0 Å². The average molecular weight is 694 g/mol. The molecule has 17 atom stereocenters. The van der Waals surface area contributed by atoms with Crippen LogP contribution in [0.3, 0.4) is 0 Å². The van der Waals surface area contributed by atoms with Gasteiger partial charge in [-0.2, -0.15) is 0 Å². The Morgan fingerprint density at radius 1 is 0.310 bits per heavy atom. The minimum absolute atomic E-state index is 0. The molecule has 0 spiro atoms. The normalized spacial score (nSPS) is 56.9. The molecule has 5 heterocycles. The van der Waals surface area contributed by atoms with Crippen LogP contribution in [0.25, 0.3) is 0 Å². The first-order chi connectivity index (χ1) is 20.2. The maximum atomic E-state index is 7.19. The Balaban J connectivity index is 0.00000267. The van der Waals surface area contributed by atoms with E-state index in [0.717, 1.165) is 18.3 Å². The first-order valence-corrected chi connectivity index (χ1v) is 18.4. The summed E-state index contributed by atoms with van der Waals surface area (Å²) < 4.78 is 0. The molecule has 9 fully saturated rings. The Bertz CT molecular complexity index is 959. The van der Waals surface area contributed by atoms with Crippen molar-refractivity contribution in [2.75, 3.05) is 0 Å². The van der Waals surface area contributed by atoms with Crippen LogP contribution in [-0.4, -0.2) is 54.7 Å². The number of hydrogen-bond acceptors (Lipinski definition) is 8. The quantitative estimate of drug-likeness (QED) is 0.145. The topological polar surface area (TPSA) is 96.2 Å². The second kappa shape index (κ2) is 12.3. The molecule has 42 heavy (non-hydrogen) atoms. The van der Waals surface area contributed by atoms with Gasteiger partial charge in [-0.05, 0) is 92.8 Å². The van der Waals surface area contributed by atoms with Crippen LogP contribution in [0, 0.1) is 47.3 Å². The molecule has 17 unspecified atom stereocenters. The summed E-state index contributed by atoms with van der Waals surface area (Å²) in [5, 5.41) is 33.8. The van der Waals surface area contributed by atoms with Crippen molar-refractivity contribution in [2.24, 2.45) is 47.3 Å². The molecule has 5 aliphatic heterocycles. The third-order valence-electron chi connectivity index (χ3n) is 13.8. The number of nitrogens with one attached hydrogen (secondary N) is 8. The molecule has 5 saturated heterocycles. The van der Waals surface area contributed by atoms with E-state index in [1.807, 2.05) is 0 Å². The van der Waals surface area contributed by atoms with E-state index >= 15 is 0 Å². The zero-order valence-corrected chi connectivity index (χ0v) is 27.4. The molecule has 0 aromatic carbocycles. The third kappa shape index (κ3) is 5.12. The van der Waals surface area contributed by atoms with E-state index in [9.17, 15) is 0 Å². The van der Waals surface area contributed by atoms with E-state index in [4.69, 9.17) is 11.6 Å². The summed E-state index contributed by atoms with van der Waals surface area (Å²) in [4.78, 5) is 0. The first kappa shape index (κ1) is 30.0. The molecule has 240 valence electrons. The number of rotatable bonds is 0. The van der Waals surface area contributed by atoms with Crippen LogP contribution in [0.1, 0.15) is 96.3 Å². The van der Waals surface area contributed by atoms with Crippen LogP contribution in [0.5, 0.6) is 0 Å². The minimum atomic E-state index is 0. The van der Waals surface area contributed by atoms with Crippen molar-refractivity contribution >= 4 is 11.6 Å². The SMILES string of the molecule is ClC1CCCC2C3NC4NC(NC5NC(NC6NC(NC(N3)C12)C1CCCCC61)C1CCCCC51)C1CCCCC41.[Pd]. The standard InChI is InChI=1S/C32H55ClN8.Pd/c33-23-15-7-14-22-24(23)32-40-30-21-13-6-5-12-20(21)28(38-30)36-26-17-9-2-1-8-16(17)25(34-26)35-27-18-10-3-4-11-19(18)29(37-27)39-31(22)41-32;/h16-32,34-41H,1-15H2;. The molecular formula is C32H55ClN8Pd.